The molecular formula is C5H8ClNO. The van der Waals surface area contributed by atoms with Crippen molar-refractivity contribution < 1.29 is 4.79 Å². The van der Waals surface area contributed by atoms with Crippen LogP contribution in [0.1, 0.15) is 12.8 Å². The van der Waals surface area contributed by atoms with Gasteiger partial charge in [0.2, 0.25) is 0 Å². The van der Waals surface area contributed by atoms with E-state index in [1.807, 2.05) is 0 Å². The van der Waals surface area contributed by atoms with Crippen LogP contribution in [0.5, 0.6) is 0 Å². The van der Waals surface area contributed by atoms with Gasteiger partial charge in [-0.15, -0.1) is 0 Å². The van der Waals surface area contributed by atoms with E-state index in [0.29, 0.717) is 0 Å². The van der Waals surface area contributed by atoms with Crippen molar-refractivity contribution in [3.63, 3.8) is 0 Å². The second kappa shape index (κ2) is 2.46. The molecule has 0 amide bonds. The highest BCUT2D eigenvalue weighted by molar-refractivity contribution is 6.14. The fourth-order valence-corrected chi connectivity index (χ4v) is 1.15. The molecule has 3 heteroatoms. The predicted molar refractivity (Wildman–Crippen MR) is 31.6 cm³/mol. The molecular weight excluding hydrogens is 126 g/mol. The van der Waals surface area contributed by atoms with Crippen LogP contribution in [-0.2, 0) is 4.79 Å². The molecule has 0 aromatic carbocycles. The first-order valence-corrected chi connectivity index (χ1v) is 3.06. The Hall–Kier alpha value is -0.0800. The average Bonchev–Trinajstić information content (AvgIpc) is 2.14. The van der Waals surface area contributed by atoms with Crippen LogP contribution in [0.2, 0.25) is 0 Å². The molecule has 1 rings (SSSR count). The van der Waals surface area contributed by atoms with Crippen LogP contribution >= 0.6 is 11.8 Å². The molecule has 1 heterocycles. The smallest absolute Gasteiger partial charge is 0.138 e. The Morgan fingerprint density at radius 3 is 2.75 bits per heavy atom. The van der Waals surface area contributed by atoms with E-state index in [2.05, 4.69) is 0 Å². The van der Waals surface area contributed by atoms with E-state index in [9.17, 15) is 4.79 Å². The van der Waals surface area contributed by atoms with Crippen molar-refractivity contribution in [3.8, 4) is 0 Å². The van der Waals surface area contributed by atoms with Gasteiger partial charge in [0.1, 0.15) is 6.29 Å². The topological polar surface area (TPSA) is 20.3 Å². The lowest BCUT2D eigenvalue weighted by Crippen LogP contribution is -2.20. The molecule has 8 heavy (non-hydrogen) atoms. The first kappa shape index (κ1) is 6.05. The van der Waals surface area contributed by atoms with Gasteiger partial charge in [0, 0.05) is 6.54 Å². The van der Waals surface area contributed by atoms with Crippen molar-refractivity contribution in [2.45, 2.75) is 18.9 Å². The van der Waals surface area contributed by atoms with Gasteiger partial charge >= 0.3 is 0 Å². The summed E-state index contributed by atoms with van der Waals surface area (Å²) in [5.41, 5.74) is 0. The zero-order chi connectivity index (χ0) is 5.98. The van der Waals surface area contributed by atoms with Gasteiger partial charge in [0.05, 0.1) is 6.04 Å². The van der Waals surface area contributed by atoms with E-state index in [1.54, 1.807) is 4.42 Å². The number of rotatable bonds is 1. The van der Waals surface area contributed by atoms with Gasteiger partial charge in [0.25, 0.3) is 0 Å². The average molecular weight is 134 g/mol. The monoisotopic (exact) mass is 133 g/mol. The van der Waals surface area contributed by atoms with Crippen molar-refractivity contribution in [1.82, 2.24) is 4.42 Å². The quantitative estimate of drug-likeness (QED) is 0.390. The Balaban J connectivity index is 2.41. The lowest BCUT2D eigenvalue weighted by molar-refractivity contribution is -0.110. The second-order valence-corrected chi connectivity index (χ2v) is 2.40. The fraction of sp³-hybridized carbons (Fsp3) is 0.800. The van der Waals surface area contributed by atoms with Crippen LogP contribution in [0.15, 0.2) is 0 Å². The summed E-state index contributed by atoms with van der Waals surface area (Å²) in [5, 5.41) is 0. The van der Waals surface area contributed by atoms with Crippen molar-refractivity contribution in [2.75, 3.05) is 6.54 Å². The summed E-state index contributed by atoms with van der Waals surface area (Å²) < 4.78 is 1.56. The first-order chi connectivity index (χ1) is 3.84. The third-order valence-electron chi connectivity index (χ3n) is 1.39. The number of hydrogen-bond acceptors (Lipinski definition) is 2. The molecule has 0 radical (unpaired) electrons. The van der Waals surface area contributed by atoms with Crippen LogP contribution in [0.25, 0.3) is 0 Å². The highest BCUT2D eigenvalue weighted by Crippen LogP contribution is 2.16. The third kappa shape index (κ3) is 1.01. The minimum atomic E-state index is -0.0170. The molecule has 1 unspecified atom stereocenters. The molecule has 0 aromatic heterocycles. The van der Waals surface area contributed by atoms with Crippen molar-refractivity contribution in [1.29, 1.82) is 0 Å². The Kier molecular flexibility index (Phi) is 1.86. The molecule has 0 bridgehead atoms. The summed E-state index contributed by atoms with van der Waals surface area (Å²) in [6, 6.07) is -0.0170. The lowest BCUT2D eigenvalue weighted by Gasteiger charge is -2.06. The molecule has 0 spiro atoms. The van der Waals surface area contributed by atoms with Crippen LogP contribution in [0.4, 0.5) is 0 Å². The maximum atomic E-state index is 10.1. The number of carbonyl (C=O) groups excluding carboxylic acids is 1. The molecule has 1 aliphatic rings. The van der Waals surface area contributed by atoms with Crippen LogP contribution in [0, 0.1) is 0 Å². The molecule has 0 saturated carbocycles. The molecule has 46 valence electrons. The molecule has 1 saturated heterocycles. The summed E-state index contributed by atoms with van der Waals surface area (Å²) in [4.78, 5) is 10.1. The van der Waals surface area contributed by atoms with Crippen LogP contribution in [-0.4, -0.2) is 23.3 Å². The fourth-order valence-electron chi connectivity index (χ4n) is 0.891. The number of aldehydes is 1. The zero-order valence-corrected chi connectivity index (χ0v) is 5.27. The Labute approximate surface area is 53.5 Å². The summed E-state index contributed by atoms with van der Waals surface area (Å²) in [7, 11) is 0. The molecule has 0 N–H and O–H groups in total. The van der Waals surface area contributed by atoms with Gasteiger partial charge < -0.3 is 4.79 Å². The van der Waals surface area contributed by atoms with E-state index in [4.69, 9.17) is 11.8 Å². The van der Waals surface area contributed by atoms with E-state index < -0.39 is 0 Å². The highest BCUT2D eigenvalue weighted by atomic mass is 35.5. The Morgan fingerprint density at radius 1 is 1.75 bits per heavy atom. The molecule has 0 aliphatic carbocycles. The van der Waals surface area contributed by atoms with E-state index in [1.165, 1.54) is 0 Å². The first-order valence-electron chi connectivity index (χ1n) is 2.72. The standard InChI is InChI=1S/C5H8ClNO/c6-7-3-1-2-5(7)4-8/h4-5H,1-3H2. The third-order valence-corrected chi connectivity index (χ3v) is 1.81. The predicted octanol–water partition coefficient (Wildman–Crippen LogP) is 0.803. The largest absolute Gasteiger partial charge is 0.302 e. The summed E-state index contributed by atoms with van der Waals surface area (Å²) >= 11 is 5.58. The van der Waals surface area contributed by atoms with Gasteiger partial charge in [-0.25, -0.2) is 4.42 Å². The van der Waals surface area contributed by atoms with Crippen molar-refractivity contribution in [2.24, 2.45) is 0 Å². The summed E-state index contributed by atoms with van der Waals surface area (Å²) in [6.45, 7) is 0.852. The van der Waals surface area contributed by atoms with Crippen LogP contribution in [0.3, 0.4) is 0 Å². The molecule has 1 aliphatic heterocycles. The second-order valence-electron chi connectivity index (χ2n) is 1.97. The van der Waals surface area contributed by atoms with Gasteiger partial charge in [-0.1, -0.05) is 0 Å². The number of carbonyl (C=O) groups is 1. The lowest BCUT2D eigenvalue weighted by atomic mass is 10.2. The maximum absolute atomic E-state index is 10.1. The number of nitrogens with zero attached hydrogens (tertiary/aromatic N) is 1. The normalized spacial score (nSPS) is 30.9. The maximum Gasteiger partial charge on any atom is 0.138 e. The molecule has 2 nitrogen and oxygen atoms in total. The van der Waals surface area contributed by atoms with E-state index >= 15 is 0 Å². The summed E-state index contributed by atoms with van der Waals surface area (Å²) in [5.74, 6) is 0. The summed E-state index contributed by atoms with van der Waals surface area (Å²) in [6.07, 6.45) is 2.87. The SMILES string of the molecule is O=CC1CCCN1Cl. The minimum Gasteiger partial charge on any atom is -0.302 e. The number of hydrogen-bond donors (Lipinski definition) is 0. The van der Waals surface area contributed by atoms with E-state index in [-0.39, 0.29) is 6.04 Å². The highest BCUT2D eigenvalue weighted by Gasteiger charge is 2.21. The Morgan fingerprint density at radius 2 is 2.50 bits per heavy atom. The molecule has 0 aromatic rings. The Bertz CT molecular complexity index is 96.4. The molecule has 1 atom stereocenters. The minimum absolute atomic E-state index is 0.0170. The van der Waals surface area contributed by atoms with Crippen molar-refractivity contribution in [3.05, 3.63) is 0 Å². The number of halogens is 1. The van der Waals surface area contributed by atoms with E-state index in [0.717, 1.165) is 25.7 Å². The van der Waals surface area contributed by atoms with Gasteiger partial charge in [-0.05, 0) is 24.6 Å². The van der Waals surface area contributed by atoms with Crippen LogP contribution < -0.4 is 0 Å². The van der Waals surface area contributed by atoms with Gasteiger partial charge in [-0.2, -0.15) is 0 Å². The molecule has 1 fully saturated rings. The van der Waals surface area contributed by atoms with Gasteiger partial charge in [0.15, 0.2) is 0 Å². The van der Waals surface area contributed by atoms with Gasteiger partial charge in [-0.3, -0.25) is 0 Å². The van der Waals surface area contributed by atoms with Crippen molar-refractivity contribution >= 4 is 18.1 Å². The zero-order valence-electron chi connectivity index (χ0n) is 4.51.